The largest absolute Gasteiger partial charge is 0.310 e. The third-order valence-corrected chi connectivity index (χ3v) is 5.00. The Bertz CT molecular complexity index is 625. The van der Waals surface area contributed by atoms with E-state index in [1.54, 1.807) is 11.8 Å². The minimum absolute atomic E-state index is 0.280. The van der Waals surface area contributed by atoms with E-state index in [0.29, 0.717) is 0 Å². The van der Waals surface area contributed by atoms with Gasteiger partial charge in [-0.05, 0) is 62.2 Å². The number of hydrogen-bond acceptors (Lipinski definition) is 2. The van der Waals surface area contributed by atoms with E-state index in [0.717, 1.165) is 17.1 Å². The van der Waals surface area contributed by atoms with Crippen molar-refractivity contribution in [1.82, 2.24) is 5.32 Å². The lowest BCUT2D eigenvalue weighted by atomic mass is 10.1. The average Bonchev–Trinajstić information content (AvgIpc) is 2.43. The Morgan fingerprint density at radius 2 is 1.90 bits per heavy atom. The summed E-state index contributed by atoms with van der Waals surface area (Å²) in [5, 5.41) is 4.23. The summed E-state index contributed by atoms with van der Waals surface area (Å²) in [7, 11) is 0. The Labute approximate surface area is 137 Å². The Kier molecular flexibility index (Phi) is 5.74. The number of benzene rings is 2. The van der Waals surface area contributed by atoms with Gasteiger partial charge in [0.05, 0.1) is 0 Å². The molecule has 2 rings (SSSR count). The van der Waals surface area contributed by atoms with Gasteiger partial charge < -0.3 is 5.32 Å². The highest BCUT2D eigenvalue weighted by atomic mass is 35.5. The molecule has 0 spiro atoms. The quantitative estimate of drug-likeness (QED) is 0.749. The molecule has 0 saturated carbocycles. The van der Waals surface area contributed by atoms with E-state index in [9.17, 15) is 0 Å². The molecule has 1 unspecified atom stereocenters. The molecule has 3 heteroatoms. The predicted octanol–water partition coefficient (Wildman–Crippen LogP) is 5.78. The summed E-state index contributed by atoms with van der Waals surface area (Å²) in [6.45, 7) is 9.45. The summed E-state index contributed by atoms with van der Waals surface area (Å²) >= 11 is 8.22. The molecule has 0 aliphatic heterocycles. The highest BCUT2D eigenvalue weighted by molar-refractivity contribution is 7.99. The number of nitrogens with one attached hydrogen (secondary N) is 1. The second-order valence-electron chi connectivity index (χ2n) is 5.33. The van der Waals surface area contributed by atoms with E-state index in [4.69, 9.17) is 11.6 Å². The van der Waals surface area contributed by atoms with Gasteiger partial charge >= 0.3 is 0 Å². The molecular formula is C18H22ClNS. The van der Waals surface area contributed by atoms with Crippen molar-refractivity contribution >= 4 is 23.4 Å². The van der Waals surface area contributed by atoms with Gasteiger partial charge in [-0.25, -0.2) is 0 Å². The van der Waals surface area contributed by atoms with Crippen molar-refractivity contribution in [3.05, 3.63) is 58.1 Å². The summed E-state index contributed by atoms with van der Waals surface area (Å²) in [5.74, 6) is 0. The van der Waals surface area contributed by atoms with Crippen LogP contribution in [0.1, 0.15) is 36.6 Å². The molecule has 0 amide bonds. The molecule has 0 heterocycles. The zero-order valence-electron chi connectivity index (χ0n) is 13.0. The van der Waals surface area contributed by atoms with Crippen LogP contribution < -0.4 is 5.32 Å². The summed E-state index contributed by atoms with van der Waals surface area (Å²) in [5.41, 5.74) is 3.74. The van der Waals surface area contributed by atoms with E-state index in [-0.39, 0.29) is 6.04 Å². The highest BCUT2D eigenvalue weighted by Gasteiger charge is 2.10. The molecule has 0 radical (unpaired) electrons. The molecule has 112 valence electrons. The summed E-state index contributed by atoms with van der Waals surface area (Å²) < 4.78 is 0. The van der Waals surface area contributed by atoms with Crippen molar-refractivity contribution in [2.75, 3.05) is 6.54 Å². The van der Waals surface area contributed by atoms with Crippen molar-refractivity contribution in [1.29, 1.82) is 0 Å². The van der Waals surface area contributed by atoms with Crippen molar-refractivity contribution in [3.8, 4) is 0 Å². The van der Waals surface area contributed by atoms with Crippen molar-refractivity contribution in [2.45, 2.75) is 43.5 Å². The maximum absolute atomic E-state index is 6.44. The lowest BCUT2D eigenvalue weighted by molar-refractivity contribution is 0.598. The van der Waals surface area contributed by atoms with Crippen LogP contribution in [0.25, 0.3) is 0 Å². The summed E-state index contributed by atoms with van der Waals surface area (Å²) in [6, 6.07) is 13.2. The molecule has 1 N–H and O–H groups in total. The molecule has 21 heavy (non-hydrogen) atoms. The molecule has 0 aromatic heterocycles. The van der Waals surface area contributed by atoms with E-state index in [1.165, 1.54) is 20.9 Å². The number of hydrogen-bond donors (Lipinski definition) is 1. The Balaban J connectivity index is 2.22. The van der Waals surface area contributed by atoms with Gasteiger partial charge in [0.15, 0.2) is 0 Å². The Morgan fingerprint density at radius 3 is 2.57 bits per heavy atom. The first-order chi connectivity index (χ1) is 10.0. The fourth-order valence-corrected chi connectivity index (χ4v) is 3.73. The molecule has 1 nitrogen and oxygen atoms in total. The molecule has 2 aromatic carbocycles. The van der Waals surface area contributed by atoms with Crippen molar-refractivity contribution < 1.29 is 0 Å². The summed E-state index contributed by atoms with van der Waals surface area (Å²) in [4.78, 5) is 2.47. The van der Waals surface area contributed by atoms with Crippen molar-refractivity contribution in [2.24, 2.45) is 0 Å². The maximum atomic E-state index is 6.44. The van der Waals surface area contributed by atoms with Crippen LogP contribution in [0.3, 0.4) is 0 Å². The van der Waals surface area contributed by atoms with E-state index in [2.05, 4.69) is 69.4 Å². The lowest BCUT2D eigenvalue weighted by Gasteiger charge is -2.15. The first-order valence-corrected chi connectivity index (χ1v) is 8.48. The van der Waals surface area contributed by atoms with Crippen LogP contribution in [0.15, 0.2) is 46.2 Å². The SMILES string of the molecule is CCNC(C)c1ccc(Sc2cc(C)ccc2C)cc1Cl. The van der Waals surface area contributed by atoms with E-state index >= 15 is 0 Å². The van der Waals surface area contributed by atoms with E-state index in [1.807, 2.05) is 0 Å². The van der Waals surface area contributed by atoms with Crippen LogP contribution in [0.2, 0.25) is 5.02 Å². The standard InChI is InChI=1S/C18H22ClNS/c1-5-20-14(4)16-9-8-15(11-17(16)19)21-18-10-12(2)6-7-13(18)3/h6-11,14,20H,5H2,1-4H3. The second-order valence-corrected chi connectivity index (χ2v) is 6.86. The molecular weight excluding hydrogens is 298 g/mol. The molecule has 0 bridgehead atoms. The molecule has 0 fully saturated rings. The van der Waals surface area contributed by atoms with Gasteiger partial charge in [0, 0.05) is 20.9 Å². The van der Waals surface area contributed by atoms with Gasteiger partial charge in [-0.2, -0.15) is 0 Å². The van der Waals surface area contributed by atoms with Crippen LogP contribution in [0.4, 0.5) is 0 Å². The molecule has 0 aliphatic rings. The number of aryl methyl sites for hydroxylation is 2. The predicted molar refractivity (Wildman–Crippen MR) is 93.6 cm³/mol. The van der Waals surface area contributed by atoms with Crippen LogP contribution in [-0.2, 0) is 0 Å². The van der Waals surface area contributed by atoms with Crippen LogP contribution in [0.5, 0.6) is 0 Å². The second kappa shape index (κ2) is 7.35. The smallest absolute Gasteiger partial charge is 0.0464 e. The van der Waals surface area contributed by atoms with Crippen LogP contribution in [0, 0.1) is 13.8 Å². The van der Waals surface area contributed by atoms with Gasteiger partial charge in [0.25, 0.3) is 0 Å². The molecule has 0 aliphatic carbocycles. The first kappa shape index (κ1) is 16.4. The topological polar surface area (TPSA) is 12.0 Å². The lowest BCUT2D eigenvalue weighted by Crippen LogP contribution is -2.17. The molecule has 2 aromatic rings. The number of rotatable bonds is 5. The number of halogens is 1. The third kappa shape index (κ3) is 4.26. The van der Waals surface area contributed by atoms with Gasteiger partial charge in [0.2, 0.25) is 0 Å². The Hall–Kier alpha value is -0.960. The molecule has 0 saturated heterocycles. The van der Waals surface area contributed by atoms with Gasteiger partial charge in [-0.1, -0.05) is 48.5 Å². The fourth-order valence-electron chi connectivity index (χ4n) is 2.28. The van der Waals surface area contributed by atoms with Gasteiger partial charge in [-0.15, -0.1) is 0 Å². The zero-order chi connectivity index (χ0) is 15.4. The minimum atomic E-state index is 0.280. The van der Waals surface area contributed by atoms with Gasteiger partial charge in [0.1, 0.15) is 0 Å². The normalized spacial score (nSPS) is 12.4. The zero-order valence-corrected chi connectivity index (χ0v) is 14.6. The van der Waals surface area contributed by atoms with E-state index < -0.39 is 0 Å². The first-order valence-electron chi connectivity index (χ1n) is 7.29. The third-order valence-electron chi connectivity index (χ3n) is 3.52. The summed E-state index contributed by atoms with van der Waals surface area (Å²) in [6.07, 6.45) is 0. The Morgan fingerprint density at radius 1 is 1.14 bits per heavy atom. The average molecular weight is 320 g/mol. The van der Waals surface area contributed by atoms with Crippen molar-refractivity contribution in [3.63, 3.8) is 0 Å². The monoisotopic (exact) mass is 319 g/mol. The van der Waals surface area contributed by atoms with Crippen LogP contribution in [-0.4, -0.2) is 6.54 Å². The highest BCUT2D eigenvalue weighted by Crippen LogP contribution is 2.34. The minimum Gasteiger partial charge on any atom is -0.310 e. The molecule has 1 atom stereocenters. The maximum Gasteiger partial charge on any atom is 0.0464 e. The fraction of sp³-hybridized carbons (Fsp3) is 0.333. The van der Waals surface area contributed by atoms with Gasteiger partial charge in [-0.3, -0.25) is 0 Å². The van der Waals surface area contributed by atoms with Crippen LogP contribution >= 0.6 is 23.4 Å².